The first kappa shape index (κ1) is 27.4. The maximum Gasteiger partial charge on any atom is 0.250 e. The van der Waals surface area contributed by atoms with E-state index in [0.29, 0.717) is 5.69 Å². The monoisotopic (exact) mass is 510 g/mol. The van der Waals surface area contributed by atoms with E-state index in [1.54, 1.807) is 12.1 Å². The van der Waals surface area contributed by atoms with Gasteiger partial charge in [-0.2, -0.15) is 5.26 Å². The molecule has 0 amide bonds. The lowest BCUT2D eigenvalue weighted by Gasteiger charge is -2.24. The van der Waals surface area contributed by atoms with Gasteiger partial charge in [-0.25, -0.2) is 13.1 Å². The number of nitriles is 1. The number of allylic oxidation sites excluding steroid dienone is 1. The van der Waals surface area contributed by atoms with Crippen LogP contribution >= 0.6 is 0 Å². The molecule has 3 aromatic rings. The van der Waals surface area contributed by atoms with Crippen molar-refractivity contribution in [2.24, 2.45) is 7.05 Å². The highest BCUT2D eigenvalue weighted by atomic mass is 32.2. The van der Waals surface area contributed by atoms with Gasteiger partial charge in [-0.1, -0.05) is 32.0 Å². The average molecular weight is 511 g/mol. The van der Waals surface area contributed by atoms with Crippen LogP contribution in [0.15, 0.2) is 53.4 Å². The first-order valence-electron chi connectivity index (χ1n) is 12.1. The summed E-state index contributed by atoms with van der Waals surface area (Å²) in [6, 6.07) is 18.1. The van der Waals surface area contributed by atoms with Crippen LogP contribution in [0.25, 0.3) is 28.1 Å². The number of nitrogens with zero attached hydrogens (tertiary/aromatic N) is 3. The van der Waals surface area contributed by atoms with Gasteiger partial charge >= 0.3 is 0 Å². The van der Waals surface area contributed by atoms with Crippen molar-refractivity contribution >= 4 is 32.6 Å². The average Bonchev–Trinajstić information content (AvgIpc) is 3.24. The molecule has 1 aromatic heterocycles. The fraction of sp³-hybridized carbons (Fsp3) is 0.370. The molecule has 3 rings (SSSR count). The number of hydrogen-bond acceptors (Lipinski definition) is 6. The molecule has 0 bridgehead atoms. The quantitative estimate of drug-likeness (QED) is 0.320. The highest BCUT2D eigenvalue weighted by Crippen LogP contribution is 2.29. The Morgan fingerprint density at radius 1 is 1.11 bits per heavy atom. The van der Waals surface area contributed by atoms with Crippen LogP contribution < -0.4 is 9.62 Å². The second kappa shape index (κ2) is 12.2. The van der Waals surface area contributed by atoms with Crippen LogP contribution in [0, 0.1) is 11.3 Å². The van der Waals surface area contributed by atoms with Gasteiger partial charge in [-0.3, -0.25) is 0 Å². The van der Waals surface area contributed by atoms with Gasteiger partial charge in [0.25, 0.3) is 10.0 Å². The van der Waals surface area contributed by atoms with Crippen LogP contribution in [0.2, 0.25) is 0 Å². The molecule has 192 valence electrons. The number of anilines is 1. The minimum Gasteiger partial charge on any atom is -0.394 e. The molecule has 2 aromatic carbocycles. The zero-order valence-corrected chi connectivity index (χ0v) is 21.8. The highest BCUT2D eigenvalue weighted by molar-refractivity contribution is 7.93. The number of rotatable bonds is 12. The zero-order valence-electron chi connectivity index (χ0n) is 21.0. The third-order valence-corrected chi connectivity index (χ3v) is 7.37. The number of aliphatic hydroxyl groups is 2. The van der Waals surface area contributed by atoms with E-state index in [4.69, 9.17) is 5.11 Å². The van der Waals surface area contributed by atoms with E-state index in [1.165, 1.54) is 11.8 Å². The Labute approximate surface area is 213 Å². The fourth-order valence-electron chi connectivity index (χ4n) is 4.11. The van der Waals surface area contributed by atoms with Crippen molar-refractivity contribution in [3.8, 4) is 17.3 Å². The molecule has 3 N–H and O–H groups in total. The predicted molar refractivity (Wildman–Crippen MR) is 145 cm³/mol. The van der Waals surface area contributed by atoms with Crippen LogP contribution in [0.5, 0.6) is 0 Å². The van der Waals surface area contributed by atoms with Crippen LogP contribution in [0.3, 0.4) is 0 Å². The number of aromatic nitrogens is 1. The summed E-state index contributed by atoms with van der Waals surface area (Å²) < 4.78 is 28.9. The van der Waals surface area contributed by atoms with Crippen LogP contribution in [-0.4, -0.2) is 55.5 Å². The summed E-state index contributed by atoms with van der Waals surface area (Å²) in [6.07, 6.45) is 2.24. The Bertz CT molecular complexity index is 1370. The minimum absolute atomic E-state index is 0.385. The summed E-state index contributed by atoms with van der Waals surface area (Å²) >= 11 is 0. The lowest BCUT2D eigenvalue weighted by molar-refractivity contribution is 0.0989. The van der Waals surface area contributed by atoms with E-state index >= 15 is 0 Å². The minimum atomic E-state index is -4.13. The molecule has 0 radical (unpaired) electrons. The van der Waals surface area contributed by atoms with Crippen molar-refractivity contribution in [1.29, 1.82) is 5.26 Å². The van der Waals surface area contributed by atoms with E-state index in [0.717, 1.165) is 48.0 Å². The van der Waals surface area contributed by atoms with Crippen LogP contribution in [0.4, 0.5) is 5.69 Å². The molecule has 1 heterocycles. The molecule has 0 saturated carbocycles. The number of aliphatic hydroxyl groups excluding tert-OH is 2. The first-order valence-corrected chi connectivity index (χ1v) is 13.6. The third kappa shape index (κ3) is 6.33. The summed E-state index contributed by atoms with van der Waals surface area (Å²) in [4.78, 5) is 1.93. The van der Waals surface area contributed by atoms with Gasteiger partial charge in [0, 0.05) is 43.8 Å². The van der Waals surface area contributed by atoms with Gasteiger partial charge in [-0.05, 0) is 65.6 Å². The maximum absolute atomic E-state index is 12.5. The van der Waals surface area contributed by atoms with Gasteiger partial charge in [0.2, 0.25) is 0 Å². The molecule has 0 fully saturated rings. The molecule has 0 saturated heterocycles. The Morgan fingerprint density at radius 2 is 1.78 bits per heavy atom. The van der Waals surface area contributed by atoms with Crippen molar-refractivity contribution in [2.75, 3.05) is 31.1 Å². The number of fused-ring (bicyclic) bond motifs is 1. The van der Waals surface area contributed by atoms with E-state index in [2.05, 4.69) is 53.8 Å². The Balaban J connectivity index is 1.90. The van der Waals surface area contributed by atoms with Crippen molar-refractivity contribution < 1.29 is 18.6 Å². The second-order valence-corrected chi connectivity index (χ2v) is 10.5. The largest absolute Gasteiger partial charge is 0.394 e. The molecular formula is C27H34N4O4S. The van der Waals surface area contributed by atoms with Gasteiger partial charge in [0.1, 0.15) is 6.07 Å². The smallest absolute Gasteiger partial charge is 0.250 e. The molecule has 9 heteroatoms. The number of sulfonamides is 1. The van der Waals surface area contributed by atoms with Crippen molar-refractivity contribution in [3.05, 3.63) is 59.1 Å². The standard InChI is InChI=1S/C27H34N4O4S/c1-4-12-31(13-5-2)24-9-8-20-14-22(7-6-21(20)15-24)27-11-10-23(30(27)3)16-26(17-28)36(34,35)29-18-25(33)19-32/h6-11,14-16,25,29,32-33H,4-5,12-13,18-19H2,1-3H3. The molecule has 1 unspecified atom stereocenters. The molecule has 0 spiro atoms. The molecule has 0 aliphatic heterocycles. The summed E-state index contributed by atoms with van der Waals surface area (Å²) in [5, 5.41) is 30.0. The normalized spacial score (nSPS) is 13.1. The Kier molecular flexibility index (Phi) is 9.29. The molecule has 8 nitrogen and oxygen atoms in total. The molecule has 1 atom stereocenters. The topological polar surface area (TPSA) is 119 Å². The first-order chi connectivity index (χ1) is 17.2. The third-order valence-electron chi connectivity index (χ3n) is 6.03. The zero-order chi connectivity index (χ0) is 26.3. The van der Waals surface area contributed by atoms with Crippen molar-refractivity contribution in [2.45, 2.75) is 32.8 Å². The molecule has 0 aliphatic carbocycles. The maximum atomic E-state index is 12.5. The summed E-state index contributed by atoms with van der Waals surface area (Å²) in [7, 11) is -2.32. The molecule has 0 aliphatic rings. The molecule has 36 heavy (non-hydrogen) atoms. The highest BCUT2D eigenvalue weighted by Gasteiger charge is 2.20. The van der Waals surface area contributed by atoms with Crippen molar-refractivity contribution in [1.82, 2.24) is 9.29 Å². The van der Waals surface area contributed by atoms with E-state index in [-0.39, 0.29) is 6.54 Å². The lowest BCUT2D eigenvalue weighted by atomic mass is 10.0. The Hall–Kier alpha value is -3.16. The summed E-state index contributed by atoms with van der Waals surface area (Å²) in [6.45, 7) is 5.45. The van der Waals surface area contributed by atoms with Gasteiger partial charge < -0.3 is 19.7 Å². The van der Waals surface area contributed by atoms with Crippen molar-refractivity contribution in [3.63, 3.8) is 0 Å². The van der Waals surface area contributed by atoms with Gasteiger partial charge in [0.15, 0.2) is 4.91 Å². The number of hydrogen-bond donors (Lipinski definition) is 3. The molecular weight excluding hydrogens is 476 g/mol. The van der Waals surface area contributed by atoms with E-state index < -0.39 is 27.6 Å². The Morgan fingerprint density at radius 3 is 2.42 bits per heavy atom. The number of benzene rings is 2. The summed E-state index contributed by atoms with van der Waals surface area (Å²) in [5.74, 6) is 0. The van der Waals surface area contributed by atoms with Gasteiger partial charge in [-0.15, -0.1) is 0 Å². The van der Waals surface area contributed by atoms with Crippen LogP contribution in [-0.2, 0) is 17.1 Å². The lowest BCUT2D eigenvalue weighted by Crippen LogP contribution is -2.34. The SMILES string of the molecule is CCCN(CCC)c1ccc2cc(-c3ccc(C=C(C#N)S(=O)(=O)NCC(O)CO)n3C)ccc2c1. The van der Waals surface area contributed by atoms with Gasteiger partial charge in [0.05, 0.1) is 12.7 Å². The van der Waals surface area contributed by atoms with E-state index in [9.17, 15) is 18.8 Å². The number of nitrogens with one attached hydrogen (secondary N) is 1. The summed E-state index contributed by atoms with van der Waals surface area (Å²) in [5.41, 5.74) is 3.61. The fourth-order valence-corrected chi connectivity index (χ4v) is 5.08. The predicted octanol–water partition coefficient (Wildman–Crippen LogP) is 3.61. The second-order valence-electron chi connectivity index (χ2n) is 8.74. The van der Waals surface area contributed by atoms with E-state index in [1.807, 2.05) is 23.7 Å². The van der Waals surface area contributed by atoms with Crippen LogP contribution in [0.1, 0.15) is 32.4 Å².